The van der Waals surface area contributed by atoms with Gasteiger partial charge in [0.2, 0.25) is 5.91 Å². The molecule has 2 aromatic carbocycles. The number of hydroxylamine groups is 2. The van der Waals surface area contributed by atoms with Crippen LogP contribution in [0.1, 0.15) is 75.7 Å². The topological polar surface area (TPSA) is 94.1 Å². The molecule has 7 atom stereocenters. The number of aliphatic hydroxyl groups is 1. The van der Waals surface area contributed by atoms with Crippen LogP contribution < -0.4 is 10.6 Å². The summed E-state index contributed by atoms with van der Waals surface area (Å²) in [4.78, 5) is 35.3. The first kappa shape index (κ1) is 32.2. The molecule has 3 N–H and O–H groups in total. The Balaban J connectivity index is 1.10. The predicted molar refractivity (Wildman–Crippen MR) is 176 cm³/mol. The monoisotopic (exact) mass is 616 g/mol. The molecule has 3 saturated carbocycles. The van der Waals surface area contributed by atoms with Crippen LogP contribution in [0.25, 0.3) is 11.1 Å². The van der Waals surface area contributed by atoms with Gasteiger partial charge in [-0.15, -0.1) is 0 Å². The lowest BCUT2D eigenvalue weighted by Gasteiger charge is -2.62. The smallest absolute Gasteiger partial charge is 0.251 e. The molecular weight excluding hydrogens is 564 g/mol. The highest BCUT2D eigenvalue weighted by molar-refractivity contribution is 5.95. The van der Waals surface area contributed by atoms with Crippen molar-refractivity contribution in [3.05, 3.63) is 59.7 Å². The zero-order chi connectivity index (χ0) is 31.7. The summed E-state index contributed by atoms with van der Waals surface area (Å²) in [6, 6.07) is 15.5. The maximum Gasteiger partial charge on any atom is 0.251 e. The van der Waals surface area contributed by atoms with E-state index in [9.17, 15) is 14.7 Å². The van der Waals surface area contributed by atoms with Gasteiger partial charge in [0, 0.05) is 30.6 Å². The van der Waals surface area contributed by atoms with Crippen molar-refractivity contribution in [2.24, 2.45) is 29.1 Å². The number of aliphatic hydroxyl groups excluding tert-OH is 1. The molecule has 8 nitrogen and oxygen atoms in total. The summed E-state index contributed by atoms with van der Waals surface area (Å²) in [5, 5.41) is 18.8. The zero-order valence-electron chi connectivity index (χ0n) is 27.5. The van der Waals surface area contributed by atoms with Crippen molar-refractivity contribution < 1.29 is 19.5 Å². The number of carbonyl (C=O) groups is 2. The summed E-state index contributed by atoms with van der Waals surface area (Å²) < 4.78 is 0. The fourth-order valence-electron chi connectivity index (χ4n) is 8.53. The SMILES string of the molecule is C[C@@H]1[C@@H](NC(=O)C2[C@H]([C@H](C)O)CON2Cc2cccc(-c3cccc(C(=O)NCCN4CCCCC4)c3)c2)C[C@H]2C[C@@H]1C2(C)C. The molecule has 45 heavy (non-hydrogen) atoms. The number of hydrogen-bond acceptors (Lipinski definition) is 6. The van der Waals surface area contributed by atoms with Gasteiger partial charge in [-0.05, 0) is 104 Å². The van der Waals surface area contributed by atoms with Gasteiger partial charge in [0.05, 0.1) is 19.3 Å². The molecule has 2 aliphatic heterocycles. The molecule has 3 aliphatic carbocycles. The van der Waals surface area contributed by atoms with E-state index in [2.05, 4.69) is 42.4 Å². The third-order valence-electron chi connectivity index (χ3n) is 11.6. The van der Waals surface area contributed by atoms with Crippen molar-refractivity contribution >= 4 is 11.8 Å². The zero-order valence-corrected chi connectivity index (χ0v) is 27.5. The van der Waals surface area contributed by atoms with Crippen LogP contribution >= 0.6 is 0 Å². The van der Waals surface area contributed by atoms with E-state index in [1.54, 1.807) is 12.0 Å². The van der Waals surface area contributed by atoms with Crippen LogP contribution in [0.15, 0.2) is 48.5 Å². The number of benzene rings is 2. The lowest BCUT2D eigenvalue weighted by molar-refractivity contribution is -0.161. The molecule has 2 aromatic rings. The first-order valence-corrected chi connectivity index (χ1v) is 17.2. The number of nitrogens with zero attached hydrogens (tertiary/aromatic N) is 2. The number of carbonyl (C=O) groups excluding carboxylic acids is 2. The standard InChI is InChI=1S/C37H52N4O4/c1-24-32-20-30(37(32,3)4)21-33(24)39-36(44)34-31(25(2)42)23-45-41(34)22-26-10-8-11-27(18-26)28-12-9-13-29(19-28)35(43)38-14-17-40-15-6-5-7-16-40/h8-13,18-19,24-25,30-34,42H,5-7,14-17,20-23H2,1-4H3,(H,38,43)(H,39,44)/t24-,25-,30+,31-,32-,33-,34?/m0/s1. The number of hydrogen-bond donors (Lipinski definition) is 3. The average molecular weight is 617 g/mol. The fourth-order valence-corrected chi connectivity index (χ4v) is 8.53. The summed E-state index contributed by atoms with van der Waals surface area (Å²) in [5.74, 6) is 1.31. The number of likely N-dealkylation sites (tertiary alicyclic amines) is 1. The molecule has 5 aliphatic rings. The predicted octanol–water partition coefficient (Wildman–Crippen LogP) is 4.87. The molecule has 2 amide bonds. The number of amides is 2. The highest BCUT2D eigenvalue weighted by atomic mass is 16.7. The van der Waals surface area contributed by atoms with Crippen molar-refractivity contribution in [3.8, 4) is 11.1 Å². The molecule has 2 heterocycles. The van der Waals surface area contributed by atoms with Crippen LogP contribution in [-0.2, 0) is 16.2 Å². The van der Waals surface area contributed by atoms with Crippen molar-refractivity contribution in [1.82, 2.24) is 20.6 Å². The molecule has 2 bridgehead atoms. The van der Waals surface area contributed by atoms with E-state index < -0.39 is 12.1 Å². The Hall–Kier alpha value is -2.78. The van der Waals surface area contributed by atoms with Gasteiger partial charge in [0.1, 0.15) is 6.04 Å². The van der Waals surface area contributed by atoms with Crippen LogP contribution in [-0.4, -0.2) is 77.9 Å². The van der Waals surface area contributed by atoms with E-state index in [0.717, 1.165) is 42.7 Å². The summed E-state index contributed by atoms with van der Waals surface area (Å²) >= 11 is 0. The van der Waals surface area contributed by atoms with Crippen molar-refractivity contribution in [2.75, 3.05) is 32.8 Å². The fraction of sp³-hybridized carbons (Fsp3) is 0.622. The van der Waals surface area contributed by atoms with Crippen molar-refractivity contribution in [3.63, 3.8) is 0 Å². The van der Waals surface area contributed by atoms with E-state index >= 15 is 0 Å². The lowest BCUT2D eigenvalue weighted by atomic mass is 9.45. The van der Waals surface area contributed by atoms with E-state index in [-0.39, 0.29) is 23.8 Å². The molecular formula is C37H52N4O4. The summed E-state index contributed by atoms with van der Waals surface area (Å²) in [5.41, 5.74) is 3.97. The number of piperidine rings is 1. The number of nitrogens with one attached hydrogen (secondary N) is 2. The van der Waals surface area contributed by atoms with Crippen molar-refractivity contribution in [2.45, 2.75) is 84.5 Å². The maximum atomic E-state index is 13.8. The van der Waals surface area contributed by atoms with E-state index in [1.807, 2.05) is 42.5 Å². The van der Waals surface area contributed by atoms with Crippen LogP contribution in [0.2, 0.25) is 0 Å². The second-order valence-corrected chi connectivity index (χ2v) is 14.7. The average Bonchev–Trinajstić information content (AvgIpc) is 3.46. The summed E-state index contributed by atoms with van der Waals surface area (Å²) in [7, 11) is 0. The van der Waals surface area contributed by atoms with E-state index in [4.69, 9.17) is 4.84 Å². The third-order valence-corrected chi connectivity index (χ3v) is 11.6. The molecule has 2 saturated heterocycles. The van der Waals surface area contributed by atoms with Gasteiger partial charge >= 0.3 is 0 Å². The first-order valence-electron chi connectivity index (χ1n) is 17.2. The molecule has 0 radical (unpaired) electrons. The third kappa shape index (κ3) is 6.85. The Bertz CT molecular complexity index is 1360. The maximum absolute atomic E-state index is 13.8. The Kier molecular flexibility index (Phi) is 9.67. The van der Waals surface area contributed by atoms with Gasteiger partial charge in [-0.2, -0.15) is 5.06 Å². The van der Waals surface area contributed by atoms with Crippen LogP contribution in [0.4, 0.5) is 0 Å². The molecule has 0 spiro atoms. The van der Waals surface area contributed by atoms with Crippen LogP contribution in [0.5, 0.6) is 0 Å². The Morgan fingerprint density at radius 1 is 1.04 bits per heavy atom. The summed E-state index contributed by atoms with van der Waals surface area (Å²) in [6.45, 7) is 13.3. The van der Waals surface area contributed by atoms with E-state index in [0.29, 0.717) is 48.4 Å². The normalized spacial score (nSPS) is 30.3. The second kappa shape index (κ2) is 13.5. The van der Waals surface area contributed by atoms with Gasteiger partial charge in [0.15, 0.2) is 0 Å². The van der Waals surface area contributed by atoms with Gasteiger partial charge in [-0.1, -0.05) is 57.5 Å². The molecule has 5 fully saturated rings. The molecule has 1 unspecified atom stereocenters. The largest absolute Gasteiger partial charge is 0.393 e. The van der Waals surface area contributed by atoms with Gasteiger partial charge in [-0.25, -0.2) is 0 Å². The molecule has 8 heteroatoms. The van der Waals surface area contributed by atoms with E-state index in [1.165, 1.54) is 25.7 Å². The minimum absolute atomic E-state index is 0.0514. The second-order valence-electron chi connectivity index (χ2n) is 14.7. The summed E-state index contributed by atoms with van der Waals surface area (Å²) in [6.07, 6.45) is 5.40. The quantitative estimate of drug-likeness (QED) is 0.353. The minimum Gasteiger partial charge on any atom is -0.393 e. The number of rotatable bonds is 10. The van der Waals surface area contributed by atoms with Gasteiger partial charge in [-0.3, -0.25) is 14.4 Å². The molecule has 244 valence electrons. The highest BCUT2D eigenvalue weighted by Crippen LogP contribution is 2.61. The Morgan fingerprint density at radius 2 is 1.78 bits per heavy atom. The van der Waals surface area contributed by atoms with Gasteiger partial charge < -0.3 is 20.6 Å². The minimum atomic E-state index is -0.665. The first-order chi connectivity index (χ1) is 21.6. The van der Waals surface area contributed by atoms with Gasteiger partial charge in [0.25, 0.3) is 5.91 Å². The Morgan fingerprint density at radius 3 is 2.49 bits per heavy atom. The van der Waals surface area contributed by atoms with Crippen LogP contribution in [0.3, 0.4) is 0 Å². The molecule has 7 rings (SSSR count). The van der Waals surface area contributed by atoms with Crippen molar-refractivity contribution in [1.29, 1.82) is 0 Å². The van der Waals surface area contributed by atoms with Crippen LogP contribution in [0, 0.1) is 29.1 Å². The number of fused-ring (bicyclic) bond motifs is 2. The molecule has 0 aromatic heterocycles. The Labute approximate surface area is 268 Å². The lowest BCUT2D eigenvalue weighted by Crippen LogP contribution is -2.62. The highest BCUT2D eigenvalue weighted by Gasteiger charge is 2.57.